The van der Waals surface area contributed by atoms with Crippen LogP contribution in [-0.2, 0) is 6.42 Å². The van der Waals surface area contributed by atoms with Crippen LogP contribution in [0.15, 0.2) is 18.2 Å². The Hall–Kier alpha value is -1.13. The van der Waals surface area contributed by atoms with Gasteiger partial charge >= 0.3 is 0 Å². The normalized spacial score (nSPS) is 12.2. The molecule has 4 N–H and O–H groups in total. The maximum absolute atomic E-state index is 5.97. The van der Waals surface area contributed by atoms with E-state index in [0.29, 0.717) is 5.13 Å². The number of rotatable bonds is 4. The molecule has 0 aliphatic carbocycles. The number of thiazole rings is 1. The average molecular weight is 249 g/mol. The number of nitrogen functional groups attached to an aromatic ring is 1. The van der Waals surface area contributed by atoms with Crippen molar-refractivity contribution in [2.24, 2.45) is 5.73 Å². The monoisotopic (exact) mass is 249 g/mol. The number of hydrogen-bond donors (Lipinski definition) is 2. The van der Waals surface area contributed by atoms with Gasteiger partial charge in [-0.2, -0.15) is 0 Å². The van der Waals surface area contributed by atoms with Crippen LogP contribution in [0, 0.1) is 0 Å². The van der Waals surface area contributed by atoms with Crippen LogP contribution in [0.25, 0.3) is 10.2 Å². The van der Waals surface area contributed by atoms with Crippen molar-refractivity contribution in [2.45, 2.75) is 38.6 Å². The molecule has 0 unspecified atom stereocenters. The molecular weight excluding hydrogens is 230 g/mol. The predicted molar refractivity (Wildman–Crippen MR) is 75.2 cm³/mol. The fourth-order valence-corrected chi connectivity index (χ4v) is 2.69. The van der Waals surface area contributed by atoms with Crippen LogP contribution in [0.5, 0.6) is 0 Å². The first-order valence-electron chi connectivity index (χ1n) is 5.88. The first-order chi connectivity index (χ1) is 7.94. The number of aromatic nitrogens is 1. The fraction of sp³-hybridized carbons (Fsp3) is 0.462. The molecule has 0 bridgehead atoms. The molecule has 1 aromatic carbocycles. The summed E-state index contributed by atoms with van der Waals surface area (Å²) in [6.45, 7) is 4.14. The van der Waals surface area contributed by atoms with Crippen LogP contribution in [0.3, 0.4) is 0 Å². The summed E-state index contributed by atoms with van der Waals surface area (Å²) in [6.07, 6.45) is 3.22. The van der Waals surface area contributed by atoms with E-state index in [1.54, 1.807) is 11.3 Å². The van der Waals surface area contributed by atoms with Crippen LogP contribution in [-0.4, -0.2) is 10.5 Å². The maximum Gasteiger partial charge on any atom is 0.181 e. The minimum atomic E-state index is -0.0704. The molecule has 17 heavy (non-hydrogen) atoms. The van der Waals surface area contributed by atoms with Crippen LogP contribution in [0.4, 0.5) is 5.13 Å². The predicted octanol–water partition coefficient (Wildman–Crippen LogP) is 2.94. The molecule has 92 valence electrons. The van der Waals surface area contributed by atoms with Crippen LogP contribution in [0.1, 0.15) is 32.3 Å². The third-order valence-corrected chi connectivity index (χ3v) is 3.60. The molecule has 3 nitrogen and oxygen atoms in total. The molecule has 0 spiro atoms. The third kappa shape index (κ3) is 3.41. The Morgan fingerprint density at radius 3 is 2.82 bits per heavy atom. The largest absolute Gasteiger partial charge is 0.375 e. The summed E-state index contributed by atoms with van der Waals surface area (Å²) in [4.78, 5) is 4.25. The van der Waals surface area contributed by atoms with Crippen molar-refractivity contribution in [3.05, 3.63) is 23.8 Å². The van der Waals surface area contributed by atoms with Crippen LogP contribution < -0.4 is 11.5 Å². The Labute approximate surface area is 106 Å². The quantitative estimate of drug-likeness (QED) is 0.875. The second-order valence-electron chi connectivity index (χ2n) is 5.20. The number of anilines is 1. The van der Waals surface area contributed by atoms with E-state index in [-0.39, 0.29) is 5.54 Å². The molecule has 1 aromatic heterocycles. The molecular formula is C13H19N3S. The lowest BCUT2D eigenvalue weighted by atomic mass is 9.97. The van der Waals surface area contributed by atoms with Crippen molar-refractivity contribution in [1.29, 1.82) is 0 Å². The minimum Gasteiger partial charge on any atom is -0.375 e. The standard InChI is InChI=1S/C13H19N3S/c1-13(2,15)7-3-4-9-5-6-10-11(8-9)17-12(14)16-10/h5-6,8H,3-4,7,15H2,1-2H3,(H2,14,16). The van der Waals surface area contributed by atoms with Crippen molar-refractivity contribution >= 4 is 26.7 Å². The summed E-state index contributed by atoms with van der Waals surface area (Å²) < 4.78 is 1.17. The molecule has 0 radical (unpaired) electrons. The van der Waals surface area contributed by atoms with Crippen molar-refractivity contribution in [2.75, 3.05) is 5.73 Å². The van der Waals surface area contributed by atoms with Crippen molar-refractivity contribution in [1.82, 2.24) is 4.98 Å². The van der Waals surface area contributed by atoms with E-state index in [4.69, 9.17) is 11.5 Å². The van der Waals surface area contributed by atoms with Gasteiger partial charge in [0.05, 0.1) is 10.2 Å². The molecule has 0 saturated heterocycles. The van der Waals surface area contributed by atoms with E-state index >= 15 is 0 Å². The molecule has 0 saturated carbocycles. The third-order valence-electron chi connectivity index (χ3n) is 2.76. The Morgan fingerprint density at radius 1 is 1.35 bits per heavy atom. The Bertz CT molecular complexity index is 511. The molecule has 0 amide bonds. The lowest BCUT2D eigenvalue weighted by Gasteiger charge is -2.17. The van der Waals surface area contributed by atoms with Gasteiger partial charge in [0, 0.05) is 5.54 Å². The maximum atomic E-state index is 5.97. The number of nitrogens with zero attached hydrogens (tertiary/aromatic N) is 1. The molecule has 1 heterocycles. The van der Waals surface area contributed by atoms with Crippen molar-refractivity contribution < 1.29 is 0 Å². The Balaban J connectivity index is 2.04. The van der Waals surface area contributed by atoms with Gasteiger partial charge in [0.2, 0.25) is 0 Å². The zero-order chi connectivity index (χ0) is 12.5. The zero-order valence-electron chi connectivity index (χ0n) is 10.4. The first kappa shape index (κ1) is 12.3. The minimum absolute atomic E-state index is 0.0704. The van der Waals surface area contributed by atoms with E-state index in [0.717, 1.165) is 24.8 Å². The highest BCUT2D eigenvalue weighted by atomic mass is 32.1. The summed E-state index contributed by atoms with van der Waals surface area (Å²) in [6, 6.07) is 6.36. The summed E-state index contributed by atoms with van der Waals surface area (Å²) in [5.41, 5.74) is 13.9. The molecule has 0 fully saturated rings. The number of fused-ring (bicyclic) bond motifs is 1. The number of nitrogens with two attached hydrogens (primary N) is 2. The van der Waals surface area contributed by atoms with Crippen LogP contribution in [0.2, 0.25) is 0 Å². The van der Waals surface area contributed by atoms with E-state index in [2.05, 4.69) is 31.0 Å². The Kier molecular flexibility index (Phi) is 3.35. The molecule has 4 heteroatoms. The van der Waals surface area contributed by atoms with Gasteiger partial charge in [-0.25, -0.2) is 4.98 Å². The summed E-state index contributed by atoms with van der Waals surface area (Å²) >= 11 is 1.55. The number of hydrogen-bond acceptors (Lipinski definition) is 4. The first-order valence-corrected chi connectivity index (χ1v) is 6.69. The van der Waals surface area contributed by atoms with E-state index in [1.165, 1.54) is 10.3 Å². The van der Waals surface area contributed by atoms with Gasteiger partial charge in [0.1, 0.15) is 0 Å². The van der Waals surface area contributed by atoms with Crippen molar-refractivity contribution in [3.8, 4) is 0 Å². The van der Waals surface area contributed by atoms with Gasteiger partial charge in [-0.05, 0) is 50.8 Å². The van der Waals surface area contributed by atoms with E-state index in [1.807, 2.05) is 6.07 Å². The summed E-state index contributed by atoms with van der Waals surface area (Å²) in [7, 11) is 0. The number of benzene rings is 1. The second-order valence-corrected chi connectivity index (χ2v) is 6.26. The van der Waals surface area contributed by atoms with Crippen LogP contribution >= 0.6 is 11.3 Å². The van der Waals surface area contributed by atoms with Crippen molar-refractivity contribution in [3.63, 3.8) is 0 Å². The van der Waals surface area contributed by atoms with Gasteiger partial charge in [-0.1, -0.05) is 17.4 Å². The van der Waals surface area contributed by atoms with Gasteiger partial charge in [0.15, 0.2) is 5.13 Å². The van der Waals surface area contributed by atoms with E-state index < -0.39 is 0 Å². The molecule has 2 aromatic rings. The van der Waals surface area contributed by atoms with Gasteiger partial charge in [0.25, 0.3) is 0 Å². The second kappa shape index (κ2) is 4.63. The zero-order valence-corrected chi connectivity index (χ0v) is 11.2. The van der Waals surface area contributed by atoms with E-state index in [9.17, 15) is 0 Å². The molecule has 0 atom stereocenters. The molecule has 0 aliphatic heterocycles. The topological polar surface area (TPSA) is 64.9 Å². The lowest BCUT2D eigenvalue weighted by molar-refractivity contribution is 0.459. The SMILES string of the molecule is CC(C)(N)CCCc1ccc2nc(N)sc2c1. The molecule has 0 aliphatic rings. The highest BCUT2D eigenvalue weighted by Gasteiger charge is 2.10. The number of aryl methyl sites for hydroxylation is 1. The summed E-state index contributed by atoms with van der Waals surface area (Å²) in [5, 5.41) is 0.639. The highest BCUT2D eigenvalue weighted by Crippen LogP contribution is 2.25. The lowest BCUT2D eigenvalue weighted by Crippen LogP contribution is -2.31. The van der Waals surface area contributed by atoms with Gasteiger partial charge in [-0.3, -0.25) is 0 Å². The summed E-state index contributed by atoms with van der Waals surface area (Å²) in [5.74, 6) is 0. The van der Waals surface area contributed by atoms with Gasteiger partial charge < -0.3 is 11.5 Å². The highest BCUT2D eigenvalue weighted by molar-refractivity contribution is 7.22. The van der Waals surface area contributed by atoms with Gasteiger partial charge in [-0.15, -0.1) is 0 Å². The Morgan fingerprint density at radius 2 is 2.12 bits per heavy atom. The smallest absolute Gasteiger partial charge is 0.181 e. The fourth-order valence-electron chi connectivity index (χ4n) is 1.89. The average Bonchev–Trinajstić information content (AvgIpc) is 2.55. The molecule has 2 rings (SSSR count).